The van der Waals surface area contributed by atoms with Gasteiger partial charge in [0.05, 0.1) is 23.0 Å². The zero-order valence-electron chi connectivity index (χ0n) is 19.2. The smallest absolute Gasteiger partial charge is 0.407 e. The molecule has 1 aromatic carbocycles. The molecule has 0 bridgehead atoms. The number of nitrogens with zero attached hydrogens (tertiary/aromatic N) is 3. The fraction of sp³-hybridized carbons (Fsp3) is 0.625. The van der Waals surface area contributed by atoms with Gasteiger partial charge < -0.3 is 25.2 Å². The van der Waals surface area contributed by atoms with Crippen LogP contribution in [0.25, 0.3) is 0 Å². The lowest BCUT2D eigenvalue weighted by molar-refractivity contribution is -0.118. The average molecular weight is 440 g/mol. The van der Waals surface area contributed by atoms with Crippen LogP contribution in [0.5, 0.6) is 0 Å². The van der Waals surface area contributed by atoms with Crippen molar-refractivity contribution in [2.24, 2.45) is 0 Å². The Morgan fingerprint density at radius 3 is 2.59 bits per heavy atom. The maximum absolute atomic E-state index is 12.9. The topological polar surface area (TPSA) is 97.7 Å². The summed E-state index contributed by atoms with van der Waals surface area (Å²) in [5.41, 5.74) is 1.83. The van der Waals surface area contributed by atoms with Crippen LogP contribution in [0.4, 0.5) is 16.2 Å². The standard InChI is InChI=1S/C24H33N5O3/c1-24(2,3)32-23(31)26-17-8-11-28(12-9-17)13-10-21-22(30)27-19-14-16(15-25)4-7-20(19)29(21)18-5-6-18/h4,7,14,17-18,21H,5-6,8-13H2,1-3H3,(H,26,31)(H,27,30). The number of alkyl carbamates (subject to hydrolysis) is 1. The molecule has 2 fully saturated rings. The molecular formula is C24H33N5O3. The first kappa shape index (κ1) is 22.4. The molecule has 1 aliphatic carbocycles. The van der Waals surface area contributed by atoms with E-state index in [0.29, 0.717) is 11.6 Å². The Morgan fingerprint density at radius 2 is 1.97 bits per heavy atom. The normalized spacial score (nSPS) is 22.0. The Hall–Kier alpha value is -2.79. The summed E-state index contributed by atoms with van der Waals surface area (Å²) in [5, 5.41) is 15.2. The molecule has 1 unspecified atom stereocenters. The van der Waals surface area contributed by atoms with Crippen LogP contribution < -0.4 is 15.5 Å². The molecule has 1 aromatic rings. The number of anilines is 2. The highest BCUT2D eigenvalue weighted by molar-refractivity contribution is 6.04. The van der Waals surface area contributed by atoms with E-state index in [4.69, 9.17) is 4.74 Å². The highest BCUT2D eigenvalue weighted by Crippen LogP contribution is 2.41. The lowest BCUT2D eigenvalue weighted by Crippen LogP contribution is -2.51. The van der Waals surface area contributed by atoms with E-state index in [1.54, 1.807) is 6.07 Å². The Bertz CT molecular complexity index is 907. The molecule has 172 valence electrons. The first-order valence-corrected chi connectivity index (χ1v) is 11.6. The minimum atomic E-state index is -0.492. The van der Waals surface area contributed by atoms with Crippen molar-refractivity contribution in [3.63, 3.8) is 0 Å². The molecule has 32 heavy (non-hydrogen) atoms. The molecule has 2 aliphatic heterocycles. The zero-order chi connectivity index (χ0) is 22.9. The minimum absolute atomic E-state index is 0.0148. The van der Waals surface area contributed by atoms with E-state index in [2.05, 4.69) is 26.5 Å². The van der Waals surface area contributed by atoms with Gasteiger partial charge in [0.15, 0.2) is 0 Å². The third kappa shape index (κ3) is 5.33. The van der Waals surface area contributed by atoms with Crippen molar-refractivity contribution in [1.82, 2.24) is 10.2 Å². The molecular weight excluding hydrogens is 406 g/mol. The lowest BCUT2D eigenvalue weighted by Gasteiger charge is -2.40. The van der Waals surface area contributed by atoms with Gasteiger partial charge in [-0.2, -0.15) is 5.26 Å². The number of rotatable bonds is 5. The molecule has 0 spiro atoms. The van der Waals surface area contributed by atoms with E-state index < -0.39 is 5.60 Å². The largest absolute Gasteiger partial charge is 0.444 e. The molecule has 8 heteroatoms. The monoisotopic (exact) mass is 439 g/mol. The van der Waals surface area contributed by atoms with E-state index in [1.165, 1.54) is 0 Å². The third-order valence-corrected chi connectivity index (χ3v) is 6.27. The number of fused-ring (bicyclic) bond motifs is 1. The number of piperidine rings is 1. The van der Waals surface area contributed by atoms with Crippen molar-refractivity contribution in [3.8, 4) is 6.07 Å². The van der Waals surface area contributed by atoms with Crippen LogP contribution in [0.2, 0.25) is 0 Å². The maximum Gasteiger partial charge on any atom is 0.407 e. The number of ether oxygens (including phenoxy) is 1. The van der Waals surface area contributed by atoms with E-state index >= 15 is 0 Å². The number of hydrogen-bond donors (Lipinski definition) is 2. The van der Waals surface area contributed by atoms with Gasteiger partial charge in [0, 0.05) is 31.7 Å². The van der Waals surface area contributed by atoms with E-state index in [9.17, 15) is 14.9 Å². The number of nitrogens with one attached hydrogen (secondary N) is 2. The molecule has 0 aromatic heterocycles. The van der Waals surface area contributed by atoms with Crippen LogP contribution in [0, 0.1) is 11.3 Å². The summed E-state index contributed by atoms with van der Waals surface area (Å²) in [6, 6.07) is 8.04. The number of hydrogen-bond acceptors (Lipinski definition) is 6. The van der Waals surface area contributed by atoms with Gasteiger partial charge in [-0.1, -0.05) is 0 Å². The first-order valence-electron chi connectivity index (χ1n) is 11.6. The van der Waals surface area contributed by atoms with Crippen molar-refractivity contribution in [2.75, 3.05) is 29.9 Å². The second-order valence-corrected chi connectivity index (χ2v) is 10.0. The Kier molecular flexibility index (Phi) is 6.29. The Morgan fingerprint density at radius 1 is 1.25 bits per heavy atom. The number of amides is 2. The van der Waals surface area contributed by atoms with E-state index in [-0.39, 0.29) is 24.1 Å². The highest BCUT2D eigenvalue weighted by atomic mass is 16.6. The second-order valence-electron chi connectivity index (χ2n) is 10.0. The zero-order valence-corrected chi connectivity index (χ0v) is 19.2. The first-order chi connectivity index (χ1) is 15.2. The SMILES string of the molecule is CC(C)(C)OC(=O)NC1CCN(CCC2C(=O)Nc3cc(C#N)ccc3N2C2CC2)CC1. The van der Waals surface area contributed by atoms with Crippen LogP contribution in [0.15, 0.2) is 18.2 Å². The number of benzene rings is 1. The molecule has 4 rings (SSSR count). The number of nitriles is 1. The van der Waals surface area contributed by atoms with Crippen LogP contribution in [-0.4, -0.2) is 60.3 Å². The molecule has 3 aliphatic rings. The predicted octanol–water partition coefficient (Wildman–Crippen LogP) is 3.23. The molecule has 2 N–H and O–H groups in total. The van der Waals surface area contributed by atoms with Crippen molar-refractivity contribution >= 4 is 23.4 Å². The molecule has 0 radical (unpaired) electrons. The quantitative estimate of drug-likeness (QED) is 0.731. The summed E-state index contributed by atoms with van der Waals surface area (Å²) < 4.78 is 5.36. The number of likely N-dealkylation sites (tertiary alicyclic amines) is 1. The summed E-state index contributed by atoms with van der Waals surface area (Å²) in [6.07, 6.45) is 4.36. The molecule has 2 heterocycles. The van der Waals surface area contributed by atoms with Crippen molar-refractivity contribution in [3.05, 3.63) is 23.8 Å². The van der Waals surface area contributed by atoms with Crippen LogP contribution in [0.1, 0.15) is 58.4 Å². The fourth-order valence-corrected chi connectivity index (χ4v) is 4.60. The average Bonchev–Trinajstić information content (AvgIpc) is 3.56. The van der Waals surface area contributed by atoms with Crippen LogP contribution in [-0.2, 0) is 9.53 Å². The van der Waals surface area contributed by atoms with Crippen molar-refractivity contribution < 1.29 is 14.3 Å². The van der Waals surface area contributed by atoms with Crippen LogP contribution in [0.3, 0.4) is 0 Å². The van der Waals surface area contributed by atoms with Gasteiger partial charge in [-0.3, -0.25) is 4.79 Å². The molecule has 1 atom stereocenters. The van der Waals surface area contributed by atoms with Gasteiger partial charge in [-0.05, 0) is 71.1 Å². The minimum Gasteiger partial charge on any atom is -0.444 e. The van der Waals surface area contributed by atoms with Crippen molar-refractivity contribution in [1.29, 1.82) is 5.26 Å². The molecule has 8 nitrogen and oxygen atoms in total. The number of carbonyl (C=O) groups is 2. The van der Waals surface area contributed by atoms with Gasteiger partial charge in [0.2, 0.25) is 5.91 Å². The summed E-state index contributed by atoms with van der Waals surface area (Å²) in [7, 11) is 0. The third-order valence-electron chi connectivity index (χ3n) is 6.27. The van der Waals surface area contributed by atoms with E-state index in [1.807, 2.05) is 32.9 Å². The predicted molar refractivity (Wildman–Crippen MR) is 123 cm³/mol. The second kappa shape index (κ2) is 8.99. The van der Waals surface area contributed by atoms with Gasteiger partial charge in [0.1, 0.15) is 11.6 Å². The summed E-state index contributed by atoms with van der Waals surface area (Å²) in [4.78, 5) is 29.6. The highest BCUT2D eigenvalue weighted by Gasteiger charge is 2.41. The lowest BCUT2D eigenvalue weighted by atomic mass is 10.0. The van der Waals surface area contributed by atoms with Crippen LogP contribution >= 0.6 is 0 Å². The van der Waals surface area contributed by atoms with Gasteiger partial charge in [0.25, 0.3) is 0 Å². The molecule has 1 saturated carbocycles. The number of carbonyl (C=O) groups excluding carboxylic acids is 2. The van der Waals surface area contributed by atoms with E-state index in [0.717, 1.165) is 63.1 Å². The van der Waals surface area contributed by atoms with Crippen molar-refractivity contribution in [2.45, 2.75) is 76.6 Å². The summed E-state index contributed by atoms with van der Waals surface area (Å²) in [5.74, 6) is 0.0148. The molecule has 2 amide bonds. The summed E-state index contributed by atoms with van der Waals surface area (Å²) >= 11 is 0. The fourth-order valence-electron chi connectivity index (χ4n) is 4.60. The van der Waals surface area contributed by atoms with Gasteiger partial charge >= 0.3 is 6.09 Å². The van der Waals surface area contributed by atoms with Gasteiger partial charge in [-0.15, -0.1) is 0 Å². The molecule has 1 saturated heterocycles. The Balaban J connectivity index is 1.31. The summed E-state index contributed by atoms with van der Waals surface area (Å²) in [6.45, 7) is 8.21. The Labute approximate surface area is 189 Å². The maximum atomic E-state index is 12.9. The van der Waals surface area contributed by atoms with Gasteiger partial charge in [-0.25, -0.2) is 4.79 Å².